The fraction of sp³-hybridized carbons (Fsp3) is 0.667. The number of likely N-dealkylation sites (tertiary alicyclic amines) is 1. The highest BCUT2D eigenvalue weighted by Gasteiger charge is 2.24. The van der Waals surface area contributed by atoms with E-state index in [-0.39, 0.29) is 24.2 Å². The van der Waals surface area contributed by atoms with E-state index in [1.165, 1.54) is 10.9 Å². The Hall–Kier alpha value is -1.96. The molecule has 0 aliphatic carbocycles. The van der Waals surface area contributed by atoms with Gasteiger partial charge in [-0.2, -0.15) is 0 Å². The summed E-state index contributed by atoms with van der Waals surface area (Å²) in [6.07, 6.45) is 3.18. The number of carboxylic acids is 1. The smallest absolute Gasteiger partial charge is 0.358 e. The monoisotopic (exact) mass is 281 g/mol. The Kier molecular flexibility index (Phi) is 4.33. The maximum atomic E-state index is 12.1. The van der Waals surface area contributed by atoms with Crippen LogP contribution < -0.4 is 0 Å². The molecule has 8 heteroatoms. The van der Waals surface area contributed by atoms with Crippen LogP contribution in [0.4, 0.5) is 0 Å². The zero-order valence-corrected chi connectivity index (χ0v) is 11.7. The fourth-order valence-corrected chi connectivity index (χ4v) is 2.31. The summed E-state index contributed by atoms with van der Waals surface area (Å²) in [4.78, 5) is 26.8. The SMILES string of the molecule is CN1CCC(N(C)C(=O)Cn2cc(C(=O)O)nn2)CC1. The highest BCUT2D eigenvalue weighted by Crippen LogP contribution is 2.14. The van der Waals surface area contributed by atoms with E-state index in [0.717, 1.165) is 25.9 Å². The molecule has 1 amide bonds. The van der Waals surface area contributed by atoms with Crippen LogP contribution in [-0.4, -0.2) is 75.0 Å². The number of amides is 1. The molecule has 2 heterocycles. The van der Waals surface area contributed by atoms with Crippen LogP contribution in [0.15, 0.2) is 6.20 Å². The summed E-state index contributed by atoms with van der Waals surface area (Å²) in [5.41, 5.74) is -0.153. The van der Waals surface area contributed by atoms with Gasteiger partial charge in [0, 0.05) is 13.1 Å². The number of piperidine rings is 1. The molecule has 1 aromatic rings. The highest BCUT2D eigenvalue weighted by atomic mass is 16.4. The molecule has 1 aromatic heterocycles. The molecule has 0 atom stereocenters. The molecule has 0 saturated carbocycles. The Morgan fingerprint density at radius 2 is 2.10 bits per heavy atom. The van der Waals surface area contributed by atoms with Gasteiger partial charge in [0.15, 0.2) is 5.69 Å². The summed E-state index contributed by atoms with van der Waals surface area (Å²) in [6.45, 7) is 1.98. The Bertz CT molecular complexity index is 493. The molecule has 2 rings (SSSR count). The summed E-state index contributed by atoms with van der Waals surface area (Å²) in [5.74, 6) is -1.23. The molecule has 1 aliphatic rings. The fourth-order valence-electron chi connectivity index (χ4n) is 2.31. The van der Waals surface area contributed by atoms with Gasteiger partial charge in [0.05, 0.1) is 6.20 Å². The van der Waals surface area contributed by atoms with Crippen LogP contribution in [0.25, 0.3) is 0 Å². The minimum absolute atomic E-state index is 0.0170. The summed E-state index contributed by atoms with van der Waals surface area (Å²) < 4.78 is 1.26. The van der Waals surface area contributed by atoms with Crippen LogP contribution >= 0.6 is 0 Å². The third-order valence-corrected chi connectivity index (χ3v) is 3.68. The van der Waals surface area contributed by atoms with Crippen LogP contribution in [0.1, 0.15) is 23.3 Å². The van der Waals surface area contributed by atoms with Crippen molar-refractivity contribution in [3.8, 4) is 0 Å². The van der Waals surface area contributed by atoms with E-state index >= 15 is 0 Å². The second kappa shape index (κ2) is 6.00. The first-order chi connectivity index (χ1) is 9.47. The van der Waals surface area contributed by atoms with Gasteiger partial charge >= 0.3 is 5.97 Å². The van der Waals surface area contributed by atoms with Gasteiger partial charge in [-0.3, -0.25) is 4.79 Å². The summed E-state index contributed by atoms with van der Waals surface area (Å²) in [7, 11) is 3.86. The van der Waals surface area contributed by atoms with Gasteiger partial charge in [-0.25, -0.2) is 9.48 Å². The van der Waals surface area contributed by atoms with Gasteiger partial charge in [-0.05, 0) is 33.0 Å². The van der Waals surface area contributed by atoms with Crippen LogP contribution in [0, 0.1) is 0 Å². The maximum Gasteiger partial charge on any atom is 0.358 e. The van der Waals surface area contributed by atoms with Crippen molar-refractivity contribution in [2.75, 3.05) is 27.2 Å². The zero-order valence-electron chi connectivity index (χ0n) is 11.7. The number of hydrogen-bond donors (Lipinski definition) is 1. The number of likely N-dealkylation sites (N-methyl/N-ethyl adjacent to an activating group) is 1. The molecule has 20 heavy (non-hydrogen) atoms. The third kappa shape index (κ3) is 3.32. The number of aromatic carboxylic acids is 1. The molecule has 0 radical (unpaired) electrons. The number of rotatable bonds is 4. The Morgan fingerprint density at radius 1 is 1.45 bits per heavy atom. The van der Waals surface area contributed by atoms with Gasteiger partial charge in [0.1, 0.15) is 6.54 Å². The first kappa shape index (κ1) is 14.4. The quantitative estimate of drug-likeness (QED) is 0.802. The molecule has 1 aliphatic heterocycles. The van der Waals surface area contributed by atoms with Gasteiger partial charge in [0.2, 0.25) is 5.91 Å². The van der Waals surface area contributed by atoms with E-state index < -0.39 is 5.97 Å². The standard InChI is InChI=1S/C12H19N5O3/c1-15-5-3-9(4-6-15)16(2)11(18)8-17-7-10(12(19)20)13-14-17/h7,9H,3-6,8H2,1-2H3,(H,19,20). The molecular formula is C12H19N5O3. The molecule has 0 aromatic carbocycles. The molecule has 0 unspecified atom stereocenters. The van der Waals surface area contributed by atoms with Gasteiger partial charge in [0.25, 0.3) is 0 Å². The van der Waals surface area contributed by atoms with E-state index in [0.29, 0.717) is 0 Å². The number of aromatic nitrogens is 3. The summed E-state index contributed by atoms with van der Waals surface area (Å²) in [5, 5.41) is 15.9. The average molecular weight is 281 g/mol. The summed E-state index contributed by atoms with van der Waals surface area (Å²) in [6, 6.07) is 0.237. The van der Waals surface area contributed by atoms with Crippen molar-refractivity contribution in [3.63, 3.8) is 0 Å². The number of carbonyl (C=O) groups is 2. The molecule has 0 spiro atoms. The van der Waals surface area contributed by atoms with Crippen molar-refractivity contribution in [2.45, 2.75) is 25.4 Å². The maximum absolute atomic E-state index is 12.1. The largest absolute Gasteiger partial charge is 0.476 e. The predicted molar refractivity (Wildman–Crippen MR) is 70.3 cm³/mol. The Labute approximate surface area is 117 Å². The minimum atomic E-state index is -1.15. The van der Waals surface area contributed by atoms with E-state index in [4.69, 9.17) is 5.11 Å². The van der Waals surface area contributed by atoms with E-state index in [2.05, 4.69) is 22.3 Å². The van der Waals surface area contributed by atoms with E-state index in [1.807, 2.05) is 0 Å². The molecule has 110 valence electrons. The number of carboxylic acid groups (broad SMARTS) is 1. The minimum Gasteiger partial charge on any atom is -0.476 e. The van der Waals surface area contributed by atoms with Crippen molar-refractivity contribution in [1.82, 2.24) is 24.8 Å². The van der Waals surface area contributed by atoms with Crippen molar-refractivity contribution >= 4 is 11.9 Å². The summed E-state index contributed by atoms with van der Waals surface area (Å²) >= 11 is 0. The molecular weight excluding hydrogens is 262 g/mol. The normalized spacial score (nSPS) is 17.1. The van der Waals surface area contributed by atoms with Gasteiger partial charge in [-0.1, -0.05) is 5.21 Å². The number of hydrogen-bond acceptors (Lipinski definition) is 5. The van der Waals surface area contributed by atoms with Crippen molar-refractivity contribution < 1.29 is 14.7 Å². The Balaban J connectivity index is 1.91. The first-order valence-electron chi connectivity index (χ1n) is 6.55. The lowest BCUT2D eigenvalue weighted by molar-refractivity contribution is -0.133. The topological polar surface area (TPSA) is 91.6 Å². The van der Waals surface area contributed by atoms with Crippen molar-refractivity contribution in [3.05, 3.63) is 11.9 Å². The van der Waals surface area contributed by atoms with Crippen LogP contribution in [0.2, 0.25) is 0 Å². The van der Waals surface area contributed by atoms with Crippen LogP contribution in [-0.2, 0) is 11.3 Å². The molecule has 1 saturated heterocycles. The number of carbonyl (C=O) groups excluding carboxylic acids is 1. The van der Waals surface area contributed by atoms with Gasteiger partial charge < -0.3 is 14.9 Å². The lowest BCUT2D eigenvalue weighted by Crippen LogP contribution is -2.45. The highest BCUT2D eigenvalue weighted by molar-refractivity contribution is 5.84. The van der Waals surface area contributed by atoms with Crippen molar-refractivity contribution in [1.29, 1.82) is 0 Å². The van der Waals surface area contributed by atoms with Gasteiger partial charge in [-0.15, -0.1) is 5.10 Å². The molecule has 8 nitrogen and oxygen atoms in total. The van der Waals surface area contributed by atoms with E-state index in [1.54, 1.807) is 11.9 Å². The molecule has 0 bridgehead atoms. The van der Waals surface area contributed by atoms with Crippen LogP contribution in [0.5, 0.6) is 0 Å². The second-order valence-electron chi connectivity index (χ2n) is 5.15. The number of nitrogens with zero attached hydrogens (tertiary/aromatic N) is 5. The molecule has 1 fully saturated rings. The predicted octanol–water partition coefficient (Wildman–Crippen LogP) is -0.471. The lowest BCUT2D eigenvalue weighted by Gasteiger charge is -2.35. The van der Waals surface area contributed by atoms with E-state index in [9.17, 15) is 9.59 Å². The van der Waals surface area contributed by atoms with Crippen LogP contribution in [0.3, 0.4) is 0 Å². The third-order valence-electron chi connectivity index (χ3n) is 3.68. The lowest BCUT2D eigenvalue weighted by atomic mass is 10.0. The first-order valence-corrected chi connectivity index (χ1v) is 6.55. The Morgan fingerprint density at radius 3 is 2.65 bits per heavy atom. The zero-order chi connectivity index (χ0) is 14.7. The molecule has 1 N–H and O–H groups in total. The second-order valence-corrected chi connectivity index (χ2v) is 5.15. The average Bonchev–Trinajstić information content (AvgIpc) is 2.87. The van der Waals surface area contributed by atoms with Crippen molar-refractivity contribution in [2.24, 2.45) is 0 Å².